The molecule has 0 saturated carbocycles. The number of nitrogens with zero attached hydrogens (tertiary/aromatic N) is 6. The molecule has 2 aromatic heterocycles. The molecule has 44 heavy (non-hydrogen) atoms. The molecule has 4 aromatic rings. The fourth-order valence-corrected chi connectivity index (χ4v) is 4.52. The van der Waals surface area contributed by atoms with E-state index in [1.165, 1.54) is 6.07 Å². The SMILES string of the molecule is COc1cccc(CNc2nc(NCCCCCCNc3ccc([N+](=O)[O-])c4nonc34)nc(NCCC(C)C)n2)c1OC. The van der Waals surface area contributed by atoms with Crippen LogP contribution < -0.4 is 30.7 Å². The number of para-hydroxylation sites is 1. The Morgan fingerprint density at radius 1 is 0.818 bits per heavy atom. The predicted molar refractivity (Wildman–Crippen MR) is 169 cm³/mol. The summed E-state index contributed by atoms with van der Waals surface area (Å²) in [6, 6.07) is 8.77. The van der Waals surface area contributed by atoms with Crippen LogP contribution in [0.5, 0.6) is 11.5 Å². The average Bonchev–Trinajstić information content (AvgIpc) is 3.51. The zero-order valence-electron chi connectivity index (χ0n) is 25.6. The zero-order valence-corrected chi connectivity index (χ0v) is 25.6. The Hall–Kier alpha value is -4.95. The van der Waals surface area contributed by atoms with Crippen molar-refractivity contribution in [3.05, 3.63) is 46.0 Å². The van der Waals surface area contributed by atoms with Crippen LogP contribution in [-0.2, 0) is 6.54 Å². The molecule has 0 bridgehead atoms. The highest BCUT2D eigenvalue weighted by Gasteiger charge is 2.19. The Morgan fingerprint density at radius 2 is 1.48 bits per heavy atom. The van der Waals surface area contributed by atoms with Crippen LogP contribution in [0.1, 0.15) is 51.5 Å². The van der Waals surface area contributed by atoms with E-state index >= 15 is 0 Å². The number of nitro groups is 1. The highest BCUT2D eigenvalue weighted by molar-refractivity contribution is 5.93. The fourth-order valence-electron chi connectivity index (χ4n) is 4.52. The highest BCUT2D eigenvalue weighted by Crippen LogP contribution is 2.31. The Kier molecular flexibility index (Phi) is 11.7. The number of methoxy groups -OCH3 is 2. The molecule has 0 aliphatic heterocycles. The van der Waals surface area contributed by atoms with Crippen LogP contribution in [-0.4, -0.2) is 64.0 Å². The molecular weight excluding hydrogens is 568 g/mol. The van der Waals surface area contributed by atoms with Gasteiger partial charge in [-0.1, -0.05) is 38.8 Å². The van der Waals surface area contributed by atoms with Crippen LogP contribution in [0.25, 0.3) is 11.0 Å². The molecule has 236 valence electrons. The molecule has 0 radical (unpaired) electrons. The van der Waals surface area contributed by atoms with Gasteiger partial charge in [0.15, 0.2) is 17.0 Å². The molecule has 0 amide bonds. The summed E-state index contributed by atoms with van der Waals surface area (Å²) >= 11 is 0. The Morgan fingerprint density at radius 3 is 2.14 bits per heavy atom. The number of non-ortho nitro benzene ring substituents is 1. The molecule has 0 unspecified atom stereocenters. The van der Waals surface area contributed by atoms with Gasteiger partial charge in [-0.05, 0) is 47.6 Å². The maximum absolute atomic E-state index is 11.2. The standard InChI is InChI=1S/C29H40N10O5/c1-19(2)14-17-32-28-34-27(35-29(36-28)33-18-20-10-9-11-23(42-3)26(20)43-4)31-16-8-6-5-7-15-30-21-12-13-22(39(40)41)25-24(21)37-44-38-25/h9-13,19,30H,5-8,14-18H2,1-4H3,(H3,31,32,33,34,35,36). The van der Waals surface area contributed by atoms with E-state index in [0.717, 1.165) is 44.2 Å². The predicted octanol–water partition coefficient (Wildman–Crippen LogP) is 5.49. The number of rotatable bonds is 19. The zero-order chi connectivity index (χ0) is 31.3. The van der Waals surface area contributed by atoms with Crippen molar-refractivity contribution in [1.82, 2.24) is 25.3 Å². The van der Waals surface area contributed by atoms with Crippen molar-refractivity contribution in [3.63, 3.8) is 0 Å². The van der Waals surface area contributed by atoms with Crippen LogP contribution in [0.3, 0.4) is 0 Å². The normalized spacial score (nSPS) is 11.0. The number of nitrogens with one attached hydrogen (secondary N) is 4. The van der Waals surface area contributed by atoms with Gasteiger partial charge in [0, 0.05) is 37.8 Å². The number of anilines is 4. The van der Waals surface area contributed by atoms with Gasteiger partial charge in [-0.3, -0.25) is 10.1 Å². The highest BCUT2D eigenvalue weighted by atomic mass is 16.6. The second kappa shape index (κ2) is 16.0. The van der Waals surface area contributed by atoms with Crippen molar-refractivity contribution in [3.8, 4) is 11.5 Å². The van der Waals surface area contributed by atoms with Crippen molar-refractivity contribution in [2.45, 2.75) is 52.5 Å². The first-order chi connectivity index (χ1) is 21.4. The molecule has 0 aliphatic rings. The minimum atomic E-state index is -0.497. The number of benzene rings is 2. The molecular formula is C29H40N10O5. The van der Waals surface area contributed by atoms with Crippen LogP contribution in [0.2, 0.25) is 0 Å². The monoisotopic (exact) mass is 608 g/mol. The van der Waals surface area contributed by atoms with Crippen molar-refractivity contribution in [2.24, 2.45) is 5.92 Å². The number of hydrogen-bond acceptors (Lipinski definition) is 14. The summed E-state index contributed by atoms with van der Waals surface area (Å²) in [6.07, 6.45) is 4.84. The third-order valence-electron chi connectivity index (χ3n) is 6.85. The van der Waals surface area contributed by atoms with E-state index in [9.17, 15) is 10.1 Å². The van der Waals surface area contributed by atoms with Gasteiger partial charge in [0.25, 0.3) is 0 Å². The lowest BCUT2D eigenvalue weighted by Crippen LogP contribution is -2.14. The van der Waals surface area contributed by atoms with E-state index < -0.39 is 4.92 Å². The number of unbranched alkanes of at least 4 members (excludes halogenated alkanes) is 3. The summed E-state index contributed by atoms with van der Waals surface area (Å²) in [5, 5.41) is 31.8. The second-order valence-electron chi connectivity index (χ2n) is 10.5. The summed E-state index contributed by atoms with van der Waals surface area (Å²) in [5.74, 6) is 3.34. The van der Waals surface area contributed by atoms with Gasteiger partial charge in [-0.2, -0.15) is 15.0 Å². The molecule has 2 aromatic carbocycles. The molecule has 0 aliphatic carbocycles. The van der Waals surface area contributed by atoms with E-state index in [4.69, 9.17) is 14.1 Å². The molecule has 0 spiro atoms. The summed E-state index contributed by atoms with van der Waals surface area (Å²) in [7, 11) is 3.23. The molecule has 0 saturated heterocycles. The van der Waals surface area contributed by atoms with Crippen LogP contribution >= 0.6 is 0 Å². The first-order valence-electron chi connectivity index (χ1n) is 14.7. The lowest BCUT2D eigenvalue weighted by Gasteiger charge is -2.14. The molecule has 15 nitrogen and oxygen atoms in total. The van der Waals surface area contributed by atoms with Gasteiger partial charge in [0.2, 0.25) is 23.4 Å². The molecule has 0 atom stereocenters. The van der Waals surface area contributed by atoms with E-state index in [0.29, 0.717) is 66.1 Å². The number of nitro benzene ring substituents is 1. The van der Waals surface area contributed by atoms with Crippen molar-refractivity contribution < 1.29 is 19.0 Å². The number of ether oxygens (including phenoxy) is 2. The quantitative estimate of drug-likeness (QED) is 0.0594. The second-order valence-corrected chi connectivity index (χ2v) is 10.5. The summed E-state index contributed by atoms with van der Waals surface area (Å²) < 4.78 is 15.7. The Bertz CT molecular complexity index is 1510. The number of fused-ring (bicyclic) bond motifs is 1. The van der Waals surface area contributed by atoms with Gasteiger partial charge in [0.1, 0.15) is 0 Å². The van der Waals surface area contributed by atoms with Crippen LogP contribution in [0.4, 0.5) is 29.2 Å². The summed E-state index contributed by atoms with van der Waals surface area (Å²) in [5.41, 5.74) is 1.95. The number of aromatic nitrogens is 5. The van der Waals surface area contributed by atoms with Gasteiger partial charge in [-0.25, -0.2) is 4.63 Å². The molecule has 15 heteroatoms. The molecule has 4 rings (SSSR count). The third kappa shape index (κ3) is 8.78. The van der Waals surface area contributed by atoms with E-state index in [-0.39, 0.29) is 11.2 Å². The van der Waals surface area contributed by atoms with Crippen molar-refractivity contribution >= 4 is 40.3 Å². The minimum Gasteiger partial charge on any atom is -0.493 e. The van der Waals surface area contributed by atoms with Gasteiger partial charge in [-0.15, -0.1) is 0 Å². The minimum absolute atomic E-state index is 0.129. The van der Waals surface area contributed by atoms with Crippen molar-refractivity contribution in [1.29, 1.82) is 0 Å². The Labute approximate surface area is 255 Å². The molecule has 2 heterocycles. The summed E-state index contributed by atoms with van der Waals surface area (Å²) in [6.45, 7) is 6.96. The van der Waals surface area contributed by atoms with Gasteiger partial charge >= 0.3 is 5.69 Å². The lowest BCUT2D eigenvalue weighted by molar-refractivity contribution is -0.383. The largest absolute Gasteiger partial charge is 0.493 e. The fraction of sp³-hybridized carbons (Fsp3) is 0.483. The van der Waals surface area contributed by atoms with E-state index in [2.05, 4.69) is 60.4 Å². The summed E-state index contributed by atoms with van der Waals surface area (Å²) in [4.78, 5) is 24.4. The third-order valence-corrected chi connectivity index (χ3v) is 6.85. The maximum Gasteiger partial charge on any atom is 0.300 e. The topological polar surface area (TPSA) is 187 Å². The first kappa shape index (κ1) is 32.0. The number of hydrogen-bond donors (Lipinski definition) is 4. The lowest BCUT2D eigenvalue weighted by atomic mass is 10.1. The average molecular weight is 609 g/mol. The van der Waals surface area contributed by atoms with Crippen LogP contribution in [0.15, 0.2) is 35.0 Å². The van der Waals surface area contributed by atoms with Crippen molar-refractivity contribution in [2.75, 3.05) is 55.1 Å². The molecule has 0 fully saturated rings. The van der Waals surface area contributed by atoms with Gasteiger partial charge < -0.3 is 30.7 Å². The molecule has 4 N–H and O–H groups in total. The maximum atomic E-state index is 11.2. The Balaban J connectivity index is 1.26. The first-order valence-corrected chi connectivity index (χ1v) is 14.7. The van der Waals surface area contributed by atoms with E-state index in [1.54, 1.807) is 20.3 Å². The van der Waals surface area contributed by atoms with Gasteiger partial charge in [0.05, 0.1) is 24.8 Å². The van der Waals surface area contributed by atoms with E-state index in [1.807, 2.05) is 18.2 Å². The van der Waals surface area contributed by atoms with Crippen LogP contribution in [0, 0.1) is 16.0 Å². The smallest absolute Gasteiger partial charge is 0.300 e.